The fourth-order valence-electron chi connectivity index (χ4n) is 1.82. The van der Waals surface area contributed by atoms with E-state index < -0.39 is 0 Å². The predicted molar refractivity (Wildman–Crippen MR) is 78.3 cm³/mol. The van der Waals surface area contributed by atoms with E-state index in [4.69, 9.17) is 0 Å². The molecule has 0 bridgehead atoms. The van der Waals surface area contributed by atoms with Gasteiger partial charge in [-0.1, -0.05) is 24.6 Å². The van der Waals surface area contributed by atoms with E-state index in [0.29, 0.717) is 0 Å². The molecule has 0 saturated heterocycles. The number of nitrogens with zero attached hydrogens (tertiary/aromatic N) is 3. The average molecular weight is 276 g/mol. The van der Waals surface area contributed by atoms with Gasteiger partial charge in [0.2, 0.25) is 0 Å². The Morgan fingerprint density at radius 2 is 2.21 bits per heavy atom. The quantitative estimate of drug-likeness (QED) is 0.824. The summed E-state index contributed by atoms with van der Waals surface area (Å²) in [5, 5.41) is 8.48. The van der Waals surface area contributed by atoms with Crippen LogP contribution in [0.4, 0.5) is 0 Å². The Hall–Kier alpha value is -1.33. The Bertz CT molecular complexity index is 536. The third-order valence-electron chi connectivity index (χ3n) is 2.83. The molecule has 1 aromatic heterocycles. The average Bonchev–Trinajstić information content (AvgIpc) is 2.78. The highest BCUT2D eigenvalue weighted by Crippen LogP contribution is 2.29. The Balaban J connectivity index is 2.16. The minimum absolute atomic E-state index is 0.899. The number of aromatic nitrogens is 3. The summed E-state index contributed by atoms with van der Waals surface area (Å²) < 4.78 is 1.80. The molecule has 1 N–H and O–H groups in total. The highest BCUT2D eigenvalue weighted by atomic mass is 32.2. The van der Waals surface area contributed by atoms with Crippen molar-refractivity contribution in [3.05, 3.63) is 35.7 Å². The molecule has 102 valence electrons. The van der Waals surface area contributed by atoms with E-state index in [2.05, 4.69) is 47.4 Å². The first kappa shape index (κ1) is 14.1. The van der Waals surface area contributed by atoms with Crippen LogP contribution in [0.5, 0.6) is 0 Å². The molecular weight excluding hydrogens is 256 g/mol. The zero-order valence-electron chi connectivity index (χ0n) is 11.7. The third kappa shape index (κ3) is 3.81. The van der Waals surface area contributed by atoms with Crippen LogP contribution in [-0.2, 0) is 13.6 Å². The molecule has 0 unspecified atom stereocenters. The lowest BCUT2D eigenvalue weighted by Gasteiger charge is -2.10. The van der Waals surface area contributed by atoms with Crippen LogP contribution < -0.4 is 5.32 Å². The van der Waals surface area contributed by atoms with Gasteiger partial charge in [0.05, 0.1) is 0 Å². The van der Waals surface area contributed by atoms with Gasteiger partial charge in [-0.15, -0.1) is 0 Å². The predicted octanol–water partition coefficient (Wildman–Crippen LogP) is 2.77. The summed E-state index contributed by atoms with van der Waals surface area (Å²) >= 11 is 1.66. The van der Waals surface area contributed by atoms with Gasteiger partial charge < -0.3 is 5.32 Å². The Morgan fingerprint density at radius 3 is 2.89 bits per heavy atom. The molecule has 19 heavy (non-hydrogen) atoms. The van der Waals surface area contributed by atoms with E-state index in [1.807, 2.05) is 7.05 Å². The summed E-state index contributed by atoms with van der Waals surface area (Å²) in [4.78, 5) is 5.51. The van der Waals surface area contributed by atoms with Gasteiger partial charge in [0.1, 0.15) is 6.33 Å². The number of hydrogen-bond donors (Lipinski definition) is 1. The Labute approximate surface area is 118 Å². The van der Waals surface area contributed by atoms with Gasteiger partial charge in [-0.3, -0.25) is 0 Å². The van der Waals surface area contributed by atoms with Crippen molar-refractivity contribution < 1.29 is 0 Å². The number of aryl methyl sites for hydroxylation is 2. The summed E-state index contributed by atoms with van der Waals surface area (Å²) in [7, 11) is 1.92. The molecule has 0 saturated carbocycles. The van der Waals surface area contributed by atoms with E-state index in [-0.39, 0.29) is 0 Å². The minimum atomic E-state index is 0.899. The number of hydrogen-bond acceptors (Lipinski definition) is 4. The standard InChI is InChI=1S/C14H20N4S/c1-4-7-15-9-12-8-11(2)5-6-13(12)19-14-16-10-17-18(14)3/h5-6,8,10,15H,4,7,9H2,1-3H3. The summed E-state index contributed by atoms with van der Waals surface area (Å²) in [6, 6.07) is 6.54. The van der Waals surface area contributed by atoms with E-state index in [1.54, 1.807) is 22.8 Å². The van der Waals surface area contributed by atoms with Crippen LogP contribution in [0.3, 0.4) is 0 Å². The van der Waals surface area contributed by atoms with Crippen LogP contribution in [0.2, 0.25) is 0 Å². The molecule has 1 aromatic carbocycles. The summed E-state index contributed by atoms with van der Waals surface area (Å²) in [6.07, 6.45) is 2.74. The van der Waals surface area contributed by atoms with Crippen LogP contribution >= 0.6 is 11.8 Å². The summed E-state index contributed by atoms with van der Waals surface area (Å²) in [5.41, 5.74) is 2.61. The lowest BCUT2D eigenvalue weighted by Crippen LogP contribution is -2.14. The molecule has 0 fully saturated rings. The molecule has 2 rings (SSSR count). The second-order valence-electron chi connectivity index (χ2n) is 4.56. The van der Waals surface area contributed by atoms with Gasteiger partial charge in [0.25, 0.3) is 0 Å². The molecule has 0 aliphatic heterocycles. The van der Waals surface area contributed by atoms with Crippen molar-refractivity contribution >= 4 is 11.8 Å². The molecule has 0 atom stereocenters. The summed E-state index contributed by atoms with van der Waals surface area (Å²) in [6.45, 7) is 6.25. The highest BCUT2D eigenvalue weighted by molar-refractivity contribution is 7.99. The van der Waals surface area contributed by atoms with Crippen LogP contribution in [0.25, 0.3) is 0 Å². The highest BCUT2D eigenvalue weighted by Gasteiger charge is 2.08. The van der Waals surface area contributed by atoms with Gasteiger partial charge in [-0.2, -0.15) is 5.10 Å². The second-order valence-corrected chi connectivity index (χ2v) is 5.57. The van der Waals surface area contributed by atoms with Crippen LogP contribution in [0.1, 0.15) is 24.5 Å². The normalized spacial score (nSPS) is 10.9. The number of rotatable bonds is 6. The van der Waals surface area contributed by atoms with Crippen molar-refractivity contribution in [2.45, 2.75) is 36.9 Å². The first-order valence-corrected chi connectivity index (χ1v) is 7.34. The fourth-order valence-corrected chi connectivity index (χ4v) is 2.70. The van der Waals surface area contributed by atoms with Crippen molar-refractivity contribution in [2.75, 3.05) is 6.54 Å². The van der Waals surface area contributed by atoms with Crippen molar-refractivity contribution in [1.29, 1.82) is 0 Å². The van der Waals surface area contributed by atoms with Gasteiger partial charge in [-0.05, 0) is 43.3 Å². The fraction of sp³-hybridized carbons (Fsp3) is 0.429. The molecule has 4 nitrogen and oxygen atoms in total. The molecule has 0 spiro atoms. The maximum absolute atomic E-state index is 4.27. The van der Waals surface area contributed by atoms with E-state index >= 15 is 0 Å². The SMILES string of the molecule is CCCNCc1cc(C)ccc1Sc1ncnn1C. The van der Waals surface area contributed by atoms with Crippen LogP contribution in [0.15, 0.2) is 34.6 Å². The third-order valence-corrected chi connectivity index (χ3v) is 4.00. The van der Waals surface area contributed by atoms with Crippen molar-refractivity contribution in [2.24, 2.45) is 7.05 Å². The van der Waals surface area contributed by atoms with Gasteiger partial charge in [0.15, 0.2) is 5.16 Å². The van der Waals surface area contributed by atoms with Gasteiger partial charge in [0, 0.05) is 18.5 Å². The molecule has 0 radical (unpaired) electrons. The molecule has 5 heteroatoms. The van der Waals surface area contributed by atoms with E-state index in [9.17, 15) is 0 Å². The molecule has 1 heterocycles. The molecule has 0 amide bonds. The lowest BCUT2D eigenvalue weighted by molar-refractivity contribution is 0.667. The lowest BCUT2D eigenvalue weighted by atomic mass is 10.1. The topological polar surface area (TPSA) is 42.7 Å². The van der Waals surface area contributed by atoms with Crippen molar-refractivity contribution in [3.63, 3.8) is 0 Å². The minimum Gasteiger partial charge on any atom is -0.313 e. The van der Waals surface area contributed by atoms with Crippen LogP contribution in [0, 0.1) is 6.92 Å². The Kier molecular flexibility index (Phi) is 4.99. The second kappa shape index (κ2) is 6.73. The molecular formula is C14H20N4S. The van der Waals surface area contributed by atoms with Crippen LogP contribution in [-0.4, -0.2) is 21.3 Å². The molecule has 0 aliphatic rings. The van der Waals surface area contributed by atoms with Gasteiger partial charge >= 0.3 is 0 Å². The van der Waals surface area contributed by atoms with E-state index in [0.717, 1.165) is 24.7 Å². The van der Waals surface area contributed by atoms with Crippen molar-refractivity contribution in [3.8, 4) is 0 Å². The molecule has 2 aromatic rings. The largest absolute Gasteiger partial charge is 0.313 e. The first-order valence-electron chi connectivity index (χ1n) is 6.52. The van der Waals surface area contributed by atoms with Gasteiger partial charge in [-0.25, -0.2) is 9.67 Å². The zero-order chi connectivity index (χ0) is 13.7. The van der Waals surface area contributed by atoms with Crippen molar-refractivity contribution in [1.82, 2.24) is 20.1 Å². The zero-order valence-corrected chi connectivity index (χ0v) is 12.5. The maximum Gasteiger partial charge on any atom is 0.190 e. The maximum atomic E-state index is 4.27. The number of benzene rings is 1. The first-order chi connectivity index (χ1) is 9.20. The van der Waals surface area contributed by atoms with E-state index in [1.165, 1.54) is 16.0 Å². The Morgan fingerprint density at radius 1 is 1.37 bits per heavy atom. The number of nitrogens with one attached hydrogen (secondary N) is 1. The summed E-state index contributed by atoms with van der Waals surface area (Å²) in [5.74, 6) is 0. The monoisotopic (exact) mass is 276 g/mol. The molecule has 0 aliphatic carbocycles. The smallest absolute Gasteiger partial charge is 0.190 e.